The van der Waals surface area contributed by atoms with E-state index >= 15 is 0 Å². The number of carbonyl (C=O) groups excluding carboxylic acids is 3. The van der Waals surface area contributed by atoms with E-state index in [4.69, 9.17) is 18.9 Å². The summed E-state index contributed by atoms with van der Waals surface area (Å²) in [7, 11) is 5.92. The molecule has 0 aromatic carbocycles. The van der Waals surface area contributed by atoms with Crippen LogP contribution in [0.5, 0.6) is 0 Å². The molecule has 9 heteroatoms. The molecule has 0 aliphatic carbocycles. The molecule has 0 saturated carbocycles. The van der Waals surface area contributed by atoms with E-state index < -0.39 is 24.3 Å². The van der Waals surface area contributed by atoms with Crippen LogP contribution in [0.3, 0.4) is 0 Å². The molecule has 2 unspecified atom stereocenters. The zero-order chi connectivity index (χ0) is 61.2. The SMILES string of the molecule is CC/C=C\C/C=C\C/C=C\C/C=C\C/C=C\C/C=C\C/C=C\C/C=C\C/C=C\C/C=C\CCCCCCC(=O)OC(COC(=O)CCCCCCCCCCCCCCCCCCCCCCCCCC)COC(OCC[N+](C)(C)C)C(=O)[O-]. The molecule has 0 aromatic rings. The Hall–Kier alpha value is -4.31. The summed E-state index contributed by atoms with van der Waals surface area (Å²) in [5.74, 6) is -2.32. The number of hydrogen-bond acceptors (Lipinski definition) is 8. The molecule has 0 N–H and O–H groups in total. The Morgan fingerprint density at radius 1 is 0.369 bits per heavy atom. The van der Waals surface area contributed by atoms with Crippen LogP contribution in [0.1, 0.15) is 277 Å². The first-order valence-electron chi connectivity index (χ1n) is 34.2. The molecule has 480 valence electrons. The number of quaternary nitrogens is 1. The number of nitrogens with zero attached hydrogens (tertiary/aromatic N) is 1. The minimum Gasteiger partial charge on any atom is -0.545 e. The maximum absolute atomic E-state index is 12.9. The maximum atomic E-state index is 12.9. The van der Waals surface area contributed by atoms with Gasteiger partial charge in [-0.05, 0) is 89.9 Å². The van der Waals surface area contributed by atoms with Crippen LogP contribution in [0.25, 0.3) is 0 Å². The van der Waals surface area contributed by atoms with Gasteiger partial charge in [0.05, 0.1) is 40.3 Å². The highest BCUT2D eigenvalue weighted by Gasteiger charge is 2.22. The maximum Gasteiger partial charge on any atom is 0.306 e. The minimum atomic E-state index is -1.64. The van der Waals surface area contributed by atoms with Crippen LogP contribution >= 0.6 is 0 Å². The van der Waals surface area contributed by atoms with Crippen molar-refractivity contribution in [3.63, 3.8) is 0 Å². The van der Waals surface area contributed by atoms with Gasteiger partial charge in [0.15, 0.2) is 12.4 Å². The van der Waals surface area contributed by atoms with Crippen LogP contribution in [0.15, 0.2) is 122 Å². The van der Waals surface area contributed by atoms with Gasteiger partial charge in [-0.1, -0.05) is 296 Å². The van der Waals surface area contributed by atoms with E-state index in [2.05, 4.69) is 135 Å². The van der Waals surface area contributed by atoms with Crippen LogP contribution in [0.2, 0.25) is 0 Å². The zero-order valence-corrected chi connectivity index (χ0v) is 54.7. The smallest absolute Gasteiger partial charge is 0.306 e. The molecule has 2 atom stereocenters. The fraction of sp³-hybridized carbons (Fsp3) is 0.693. The fourth-order valence-corrected chi connectivity index (χ4v) is 9.27. The topological polar surface area (TPSA) is 111 Å². The summed E-state index contributed by atoms with van der Waals surface area (Å²) in [5, 5.41) is 11.8. The molecular formula is C75H127NO8. The number of aliphatic carboxylic acids is 1. The predicted molar refractivity (Wildman–Crippen MR) is 356 cm³/mol. The van der Waals surface area contributed by atoms with Gasteiger partial charge in [0.1, 0.15) is 13.2 Å². The molecule has 0 spiro atoms. The van der Waals surface area contributed by atoms with Gasteiger partial charge in [0, 0.05) is 12.8 Å². The van der Waals surface area contributed by atoms with Gasteiger partial charge in [-0.25, -0.2) is 0 Å². The molecule has 0 fully saturated rings. The third-order valence-corrected chi connectivity index (χ3v) is 14.5. The number of likely N-dealkylation sites (N-methyl/N-ethyl adjacent to an activating group) is 1. The Bertz CT molecular complexity index is 1790. The number of unbranched alkanes of at least 4 members (excludes halogenated alkanes) is 27. The minimum absolute atomic E-state index is 0.138. The van der Waals surface area contributed by atoms with Gasteiger partial charge in [0.2, 0.25) is 0 Å². The van der Waals surface area contributed by atoms with Crippen LogP contribution in [-0.4, -0.2) is 82.3 Å². The number of carboxylic acid groups (broad SMARTS) is 1. The summed E-state index contributed by atoms with van der Waals surface area (Å²) in [6.45, 7) is 4.62. The second-order valence-electron chi connectivity index (χ2n) is 23.7. The van der Waals surface area contributed by atoms with E-state index in [1.807, 2.05) is 21.1 Å². The number of esters is 2. The number of carbonyl (C=O) groups is 3. The Balaban J connectivity index is 4.24. The molecule has 0 heterocycles. The summed E-state index contributed by atoms with van der Waals surface area (Å²) < 4.78 is 22.7. The van der Waals surface area contributed by atoms with Gasteiger partial charge in [-0.3, -0.25) is 9.59 Å². The lowest BCUT2D eigenvalue weighted by atomic mass is 10.0. The summed E-state index contributed by atoms with van der Waals surface area (Å²) in [5.41, 5.74) is 0. The quantitative estimate of drug-likeness (QED) is 0.0195. The van der Waals surface area contributed by atoms with Gasteiger partial charge in [-0.15, -0.1) is 0 Å². The first-order valence-corrected chi connectivity index (χ1v) is 34.2. The highest BCUT2D eigenvalue weighted by atomic mass is 16.7. The molecule has 0 amide bonds. The number of rotatable bonds is 62. The van der Waals surface area contributed by atoms with Crippen molar-refractivity contribution in [2.75, 3.05) is 47.5 Å². The molecule has 0 aromatic heterocycles. The van der Waals surface area contributed by atoms with E-state index in [0.717, 1.165) is 109 Å². The van der Waals surface area contributed by atoms with Crippen molar-refractivity contribution in [2.24, 2.45) is 0 Å². The largest absolute Gasteiger partial charge is 0.545 e. The molecule has 0 rings (SSSR count). The van der Waals surface area contributed by atoms with Gasteiger partial charge in [0.25, 0.3) is 0 Å². The summed E-state index contributed by atoms with van der Waals surface area (Å²) in [6, 6.07) is 0. The normalized spacial score (nSPS) is 13.5. The first-order chi connectivity index (χ1) is 41.1. The van der Waals surface area contributed by atoms with Gasteiger partial charge in [-0.2, -0.15) is 0 Å². The zero-order valence-electron chi connectivity index (χ0n) is 54.7. The number of ether oxygens (including phenoxy) is 4. The van der Waals surface area contributed by atoms with Crippen molar-refractivity contribution in [1.29, 1.82) is 0 Å². The summed E-state index contributed by atoms with van der Waals surface area (Å²) in [4.78, 5) is 37.4. The highest BCUT2D eigenvalue weighted by Crippen LogP contribution is 2.17. The van der Waals surface area contributed by atoms with E-state index in [-0.39, 0.29) is 38.6 Å². The van der Waals surface area contributed by atoms with Crippen molar-refractivity contribution in [2.45, 2.75) is 289 Å². The van der Waals surface area contributed by atoms with Crippen LogP contribution < -0.4 is 5.11 Å². The Morgan fingerprint density at radius 3 is 1.01 bits per heavy atom. The molecule has 84 heavy (non-hydrogen) atoms. The van der Waals surface area contributed by atoms with Crippen LogP contribution in [0, 0.1) is 0 Å². The lowest BCUT2D eigenvalue weighted by molar-refractivity contribution is -0.870. The lowest BCUT2D eigenvalue weighted by Gasteiger charge is -2.26. The summed E-state index contributed by atoms with van der Waals surface area (Å²) >= 11 is 0. The van der Waals surface area contributed by atoms with E-state index in [1.54, 1.807) is 0 Å². The Kier molecular flexibility index (Phi) is 61.4. The Labute approximate surface area is 517 Å². The first kappa shape index (κ1) is 79.7. The lowest BCUT2D eigenvalue weighted by Crippen LogP contribution is -2.44. The molecular weight excluding hydrogens is 1040 g/mol. The number of carboxylic acids is 1. The second kappa shape index (κ2) is 64.7. The third kappa shape index (κ3) is 65.2. The van der Waals surface area contributed by atoms with E-state index in [1.165, 1.54) is 135 Å². The van der Waals surface area contributed by atoms with Crippen molar-refractivity contribution in [1.82, 2.24) is 0 Å². The van der Waals surface area contributed by atoms with Crippen molar-refractivity contribution in [3.8, 4) is 0 Å². The molecule has 0 aliphatic heterocycles. The van der Waals surface area contributed by atoms with Crippen LogP contribution in [-0.2, 0) is 33.3 Å². The van der Waals surface area contributed by atoms with Crippen molar-refractivity contribution >= 4 is 17.9 Å². The van der Waals surface area contributed by atoms with Crippen molar-refractivity contribution < 1.29 is 42.9 Å². The van der Waals surface area contributed by atoms with Crippen molar-refractivity contribution in [3.05, 3.63) is 122 Å². The van der Waals surface area contributed by atoms with E-state index in [9.17, 15) is 19.5 Å². The third-order valence-electron chi connectivity index (χ3n) is 14.5. The van der Waals surface area contributed by atoms with Gasteiger partial charge < -0.3 is 33.3 Å². The molecule has 0 saturated heterocycles. The number of hydrogen-bond donors (Lipinski definition) is 0. The average molecular weight is 1170 g/mol. The highest BCUT2D eigenvalue weighted by molar-refractivity contribution is 5.70. The molecule has 0 aliphatic rings. The number of allylic oxidation sites excluding steroid dienone is 20. The molecule has 0 radical (unpaired) electrons. The molecule has 9 nitrogen and oxygen atoms in total. The molecule has 0 bridgehead atoms. The predicted octanol–water partition coefficient (Wildman–Crippen LogP) is 19.9. The van der Waals surface area contributed by atoms with Crippen LogP contribution in [0.4, 0.5) is 0 Å². The average Bonchev–Trinajstić information content (AvgIpc) is 3.55. The van der Waals surface area contributed by atoms with E-state index in [0.29, 0.717) is 17.4 Å². The Morgan fingerprint density at radius 2 is 0.679 bits per heavy atom. The van der Waals surface area contributed by atoms with Gasteiger partial charge >= 0.3 is 11.9 Å². The fourth-order valence-electron chi connectivity index (χ4n) is 9.27. The summed E-state index contributed by atoms with van der Waals surface area (Å²) in [6.07, 6.45) is 88.4. The second-order valence-corrected chi connectivity index (χ2v) is 23.7. The monoisotopic (exact) mass is 1170 g/mol. The standard InChI is InChI=1S/C75H127NO8/c1-6-8-10-12-14-16-18-20-22-24-26-28-30-32-33-34-35-36-37-38-39-40-41-42-44-46-48-50-52-54-56-58-60-62-64-66-73(78)84-71(70-83-75(74(79)80)81-68-67-76(3,4)5)69-82-72(77)65-63-61-59-57-55-53-51-49-47-45-43-31-29-27-25-23-21-19-17-15-13-11-9-7-2/h8,10,14,16,20,22,26,28,32-33,35-36,38-39,41-42,46,48,52,54,71,75H,6-7,9,11-13,15,17-19,21,23-25,27,29-31,34,37,40,43-45,47,49-51,53,55-70H2,1-5H3/b10-8-,16-14-,22-20-,28-26-,33-32-,36-35-,39-38-,42-41-,48-46-,54-52-.